The van der Waals surface area contributed by atoms with E-state index in [1.807, 2.05) is 19.1 Å². The van der Waals surface area contributed by atoms with Crippen molar-refractivity contribution in [3.05, 3.63) is 71.0 Å². The van der Waals surface area contributed by atoms with E-state index in [0.29, 0.717) is 24.2 Å². The molecule has 0 saturated carbocycles. The Labute approximate surface area is 197 Å². The molecular formula is C24H25FN4O4S. The van der Waals surface area contributed by atoms with Crippen LogP contribution in [-0.2, 0) is 14.8 Å². The minimum Gasteiger partial charge on any atom is -0.355 e. The number of hydrogen-bond acceptors (Lipinski definition) is 6. The number of pyridine rings is 1. The molecule has 0 aliphatic carbocycles. The molecule has 1 fully saturated rings. The van der Waals surface area contributed by atoms with Crippen LogP contribution in [0.5, 0.6) is 0 Å². The van der Waals surface area contributed by atoms with Crippen LogP contribution in [0, 0.1) is 25.6 Å². The van der Waals surface area contributed by atoms with Gasteiger partial charge in [-0.25, -0.2) is 17.8 Å². The van der Waals surface area contributed by atoms with E-state index in [9.17, 15) is 17.6 Å². The highest BCUT2D eigenvalue weighted by Gasteiger charge is 2.36. The minimum atomic E-state index is -3.92. The van der Waals surface area contributed by atoms with Gasteiger partial charge in [0, 0.05) is 30.3 Å². The number of rotatable bonds is 6. The zero-order chi connectivity index (χ0) is 24.3. The third-order valence-electron chi connectivity index (χ3n) is 5.71. The van der Waals surface area contributed by atoms with Crippen LogP contribution < -0.4 is 5.32 Å². The van der Waals surface area contributed by atoms with Crippen LogP contribution in [0.15, 0.2) is 51.9 Å². The average molecular weight is 485 g/mol. The van der Waals surface area contributed by atoms with Crippen LogP contribution in [0.25, 0.3) is 12.2 Å². The lowest BCUT2D eigenvalue weighted by Gasteiger charge is -2.30. The fraction of sp³-hybridized carbons (Fsp3) is 0.292. The van der Waals surface area contributed by atoms with Crippen LogP contribution in [0.1, 0.15) is 35.6 Å². The topological polar surface area (TPSA) is 105 Å². The Bertz CT molecular complexity index is 1330. The summed E-state index contributed by atoms with van der Waals surface area (Å²) in [6, 6.07) is 11.5. The number of carbonyl (C=O) groups is 1. The molecule has 4 rings (SSSR count). The van der Waals surface area contributed by atoms with Crippen molar-refractivity contribution in [3.8, 4) is 0 Å². The standard InChI is InChI=1S/C24H25FN4O4S/c1-16-6-5-9-22(26-16)27-24(30)19-12-14-29(15-13-19)34(31,32)23-17(2)28-33-21(23)11-10-18-7-3-4-8-20(18)25/h3-11,19H,12-15H2,1-2H3,(H,26,27,30)/b11-10+. The molecule has 0 bridgehead atoms. The highest BCUT2D eigenvalue weighted by molar-refractivity contribution is 7.89. The van der Waals surface area contributed by atoms with E-state index in [4.69, 9.17) is 4.52 Å². The van der Waals surface area contributed by atoms with Crippen LogP contribution >= 0.6 is 0 Å². The fourth-order valence-electron chi connectivity index (χ4n) is 3.90. The summed E-state index contributed by atoms with van der Waals surface area (Å²) in [4.78, 5) is 16.9. The maximum atomic E-state index is 13.9. The minimum absolute atomic E-state index is 0.0335. The van der Waals surface area contributed by atoms with Crippen LogP contribution in [0.2, 0.25) is 0 Å². The smallest absolute Gasteiger partial charge is 0.248 e. The number of sulfonamides is 1. The molecule has 0 spiro atoms. The Morgan fingerprint density at radius 3 is 2.56 bits per heavy atom. The molecule has 1 aliphatic rings. The number of nitrogens with zero attached hydrogens (tertiary/aromatic N) is 3. The molecule has 1 amide bonds. The van der Waals surface area contributed by atoms with Crippen molar-refractivity contribution >= 4 is 33.9 Å². The Balaban J connectivity index is 1.46. The maximum Gasteiger partial charge on any atom is 0.248 e. The van der Waals surface area contributed by atoms with Gasteiger partial charge in [0.2, 0.25) is 15.9 Å². The molecule has 178 valence electrons. The number of carbonyl (C=O) groups excluding carboxylic acids is 1. The number of halogens is 1. The van der Waals surface area contributed by atoms with Gasteiger partial charge >= 0.3 is 0 Å². The molecule has 2 aromatic heterocycles. The second kappa shape index (κ2) is 9.86. The van der Waals surface area contributed by atoms with Crippen molar-refractivity contribution in [3.63, 3.8) is 0 Å². The van der Waals surface area contributed by atoms with E-state index < -0.39 is 15.8 Å². The lowest BCUT2D eigenvalue weighted by molar-refractivity contribution is -0.120. The van der Waals surface area contributed by atoms with E-state index in [2.05, 4.69) is 15.5 Å². The van der Waals surface area contributed by atoms with Gasteiger partial charge in [0.25, 0.3) is 0 Å². The molecule has 3 heterocycles. The summed E-state index contributed by atoms with van der Waals surface area (Å²) >= 11 is 0. The molecule has 1 N–H and O–H groups in total. The summed E-state index contributed by atoms with van der Waals surface area (Å²) in [6.07, 6.45) is 3.60. The number of anilines is 1. The zero-order valence-electron chi connectivity index (χ0n) is 18.9. The fourth-order valence-corrected chi connectivity index (χ4v) is 5.62. The van der Waals surface area contributed by atoms with Gasteiger partial charge in [-0.2, -0.15) is 4.31 Å². The Morgan fingerprint density at radius 1 is 1.12 bits per heavy atom. The van der Waals surface area contributed by atoms with Crippen molar-refractivity contribution in [2.24, 2.45) is 5.92 Å². The van der Waals surface area contributed by atoms with Crippen LogP contribution in [0.3, 0.4) is 0 Å². The van der Waals surface area contributed by atoms with E-state index in [-0.39, 0.29) is 41.3 Å². The van der Waals surface area contributed by atoms with Gasteiger partial charge in [-0.3, -0.25) is 4.79 Å². The third kappa shape index (κ3) is 5.07. The number of benzene rings is 1. The predicted molar refractivity (Wildman–Crippen MR) is 126 cm³/mol. The Morgan fingerprint density at radius 2 is 1.85 bits per heavy atom. The van der Waals surface area contributed by atoms with Crippen LogP contribution in [-0.4, -0.2) is 41.9 Å². The van der Waals surface area contributed by atoms with Crippen molar-refractivity contribution in [1.29, 1.82) is 0 Å². The summed E-state index contributed by atoms with van der Waals surface area (Å²) in [7, 11) is -3.92. The number of piperidine rings is 1. The van der Waals surface area contributed by atoms with Gasteiger partial charge in [-0.15, -0.1) is 0 Å². The first-order valence-corrected chi connectivity index (χ1v) is 12.3. The predicted octanol–water partition coefficient (Wildman–Crippen LogP) is 4.04. The molecule has 1 saturated heterocycles. The average Bonchev–Trinajstić information content (AvgIpc) is 3.19. The summed E-state index contributed by atoms with van der Waals surface area (Å²) in [5.41, 5.74) is 1.32. The van der Waals surface area contributed by atoms with E-state index in [1.54, 1.807) is 31.2 Å². The SMILES string of the molecule is Cc1cccc(NC(=O)C2CCN(S(=O)(=O)c3c(C)noc3/C=C/c3ccccc3F)CC2)n1. The Kier molecular flexibility index (Phi) is 6.90. The molecule has 1 aromatic carbocycles. The number of aromatic nitrogens is 2. The first kappa shape index (κ1) is 23.8. The maximum absolute atomic E-state index is 13.9. The molecule has 34 heavy (non-hydrogen) atoms. The lowest BCUT2D eigenvalue weighted by atomic mass is 9.97. The molecule has 8 nitrogen and oxygen atoms in total. The number of nitrogens with one attached hydrogen (secondary N) is 1. The highest BCUT2D eigenvalue weighted by Crippen LogP contribution is 2.29. The second-order valence-electron chi connectivity index (χ2n) is 8.15. The molecule has 1 aliphatic heterocycles. The Hall–Kier alpha value is -3.37. The zero-order valence-corrected chi connectivity index (χ0v) is 19.7. The summed E-state index contributed by atoms with van der Waals surface area (Å²) in [6.45, 7) is 3.75. The largest absolute Gasteiger partial charge is 0.355 e. The quantitative estimate of drug-likeness (QED) is 0.566. The first-order valence-electron chi connectivity index (χ1n) is 10.9. The van der Waals surface area contributed by atoms with Crippen molar-refractivity contribution in [1.82, 2.24) is 14.4 Å². The molecule has 0 atom stereocenters. The molecule has 0 unspecified atom stereocenters. The monoisotopic (exact) mass is 484 g/mol. The van der Waals surface area contributed by atoms with E-state index in [1.165, 1.54) is 22.5 Å². The summed E-state index contributed by atoms with van der Waals surface area (Å²) < 4.78 is 47.3. The van der Waals surface area contributed by atoms with Gasteiger partial charge in [0.1, 0.15) is 17.3 Å². The van der Waals surface area contributed by atoms with Crippen molar-refractivity contribution in [2.45, 2.75) is 31.6 Å². The van der Waals surface area contributed by atoms with E-state index in [0.717, 1.165) is 5.69 Å². The first-order chi connectivity index (χ1) is 16.3. The number of amides is 1. The van der Waals surface area contributed by atoms with Crippen molar-refractivity contribution in [2.75, 3.05) is 18.4 Å². The second-order valence-corrected chi connectivity index (χ2v) is 10.0. The van der Waals surface area contributed by atoms with Crippen molar-refractivity contribution < 1.29 is 22.1 Å². The van der Waals surface area contributed by atoms with Gasteiger partial charge in [-0.1, -0.05) is 29.4 Å². The normalized spacial score (nSPS) is 15.6. The van der Waals surface area contributed by atoms with Gasteiger partial charge in [-0.05, 0) is 57.0 Å². The number of hydrogen-bond donors (Lipinski definition) is 1. The van der Waals surface area contributed by atoms with Gasteiger partial charge < -0.3 is 9.84 Å². The number of aryl methyl sites for hydroxylation is 2. The molecule has 10 heteroatoms. The highest BCUT2D eigenvalue weighted by atomic mass is 32.2. The molecule has 0 radical (unpaired) electrons. The van der Waals surface area contributed by atoms with Gasteiger partial charge in [0.15, 0.2) is 10.7 Å². The lowest BCUT2D eigenvalue weighted by Crippen LogP contribution is -2.41. The summed E-state index contributed by atoms with van der Waals surface area (Å²) in [5, 5.41) is 6.62. The molecule has 3 aromatic rings. The molecular weight excluding hydrogens is 459 g/mol. The third-order valence-corrected chi connectivity index (χ3v) is 7.77. The van der Waals surface area contributed by atoms with E-state index >= 15 is 0 Å². The summed E-state index contributed by atoms with van der Waals surface area (Å²) in [5.74, 6) is -0.416. The van der Waals surface area contributed by atoms with Gasteiger partial charge in [0.05, 0.1) is 0 Å². The van der Waals surface area contributed by atoms with Crippen LogP contribution in [0.4, 0.5) is 10.2 Å².